The standard InChI is InChI=1S/C17H34N2O/c1-5-18-16-14(7-6-8-17(16,2)3)12-19(4)11-13-9-15(20)10-13/h13-16,18,20H,5-12H2,1-4H3. The molecule has 2 fully saturated rings. The topological polar surface area (TPSA) is 35.5 Å². The van der Waals surface area contributed by atoms with Gasteiger partial charge in [-0.1, -0.05) is 27.2 Å². The Morgan fingerprint density at radius 2 is 1.95 bits per heavy atom. The molecular weight excluding hydrogens is 248 g/mol. The zero-order chi connectivity index (χ0) is 14.8. The van der Waals surface area contributed by atoms with Crippen molar-refractivity contribution in [3.8, 4) is 0 Å². The van der Waals surface area contributed by atoms with Crippen LogP contribution in [0.2, 0.25) is 0 Å². The molecule has 0 aromatic carbocycles. The summed E-state index contributed by atoms with van der Waals surface area (Å²) in [4.78, 5) is 2.51. The Bertz CT molecular complexity index is 299. The van der Waals surface area contributed by atoms with E-state index < -0.39 is 0 Å². The molecule has 2 rings (SSSR count). The minimum Gasteiger partial charge on any atom is -0.393 e. The quantitative estimate of drug-likeness (QED) is 0.786. The van der Waals surface area contributed by atoms with Crippen LogP contribution in [0.15, 0.2) is 0 Å². The Labute approximate surface area is 125 Å². The van der Waals surface area contributed by atoms with Crippen molar-refractivity contribution < 1.29 is 5.11 Å². The first-order chi connectivity index (χ1) is 9.42. The van der Waals surface area contributed by atoms with Gasteiger partial charge in [-0.3, -0.25) is 0 Å². The highest BCUT2D eigenvalue weighted by molar-refractivity contribution is 4.94. The van der Waals surface area contributed by atoms with Crippen LogP contribution in [0.1, 0.15) is 52.9 Å². The summed E-state index contributed by atoms with van der Waals surface area (Å²) < 4.78 is 0. The zero-order valence-corrected chi connectivity index (χ0v) is 13.9. The summed E-state index contributed by atoms with van der Waals surface area (Å²) in [6, 6.07) is 0.649. The van der Waals surface area contributed by atoms with Gasteiger partial charge in [0.15, 0.2) is 0 Å². The molecule has 20 heavy (non-hydrogen) atoms. The van der Waals surface area contributed by atoms with Crippen molar-refractivity contribution in [2.75, 3.05) is 26.7 Å². The SMILES string of the molecule is CCNC1C(CN(C)CC2CC(O)C2)CCCC1(C)C. The fourth-order valence-electron chi connectivity index (χ4n) is 4.40. The molecule has 2 aliphatic rings. The lowest BCUT2D eigenvalue weighted by molar-refractivity contribution is 0.0198. The van der Waals surface area contributed by atoms with Gasteiger partial charge in [0.25, 0.3) is 0 Å². The van der Waals surface area contributed by atoms with Gasteiger partial charge in [-0.25, -0.2) is 0 Å². The lowest BCUT2D eigenvalue weighted by Gasteiger charge is -2.46. The van der Waals surface area contributed by atoms with Crippen molar-refractivity contribution in [3.63, 3.8) is 0 Å². The van der Waals surface area contributed by atoms with Crippen LogP contribution >= 0.6 is 0 Å². The molecule has 0 saturated heterocycles. The Balaban J connectivity index is 1.85. The fourth-order valence-corrected chi connectivity index (χ4v) is 4.40. The predicted molar refractivity (Wildman–Crippen MR) is 84.8 cm³/mol. The highest BCUT2D eigenvalue weighted by Crippen LogP contribution is 2.39. The molecule has 0 aliphatic heterocycles. The average molecular weight is 282 g/mol. The Morgan fingerprint density at radius 3 is 2.55 bits per heavy atom. The van der Waals surface area contributed by atoms with Crippen molar-refractivity contribution in [1.82, 2.24) is 10.2 Å². The van der Waals surface area contributed by atoms with Gasteiger partial charge in [0.05, 0.1) is 6.10 Å². The van der Waals surface area contributed by atoms with Gasteiger partial charge in [0, 0.05) is 19.1 Å². The van der Waals surface area contributed by atoms with E-state index in [9.17, 15) is 5.11 Å². The van der Waals surface area contributed by atoms with Gasteiger partial charge in [-0.05, 0) is 56.5 Å². The van der Waals surface area contributed by atoms with E-state index in [0.29, 0.717) is 11.5 Å². The molecule has 0 aromatic rings. The zero-order valence-electron chi connectivity index (χ0n) is 13.9. The van der Waals surface area contributed by atoms with Crippen LogP contribution < -0.4 is 5.32 Å². The molecule has 2 saturated carbocycles. The lowest BCUT2D eigenvalue weighted by atomic mass is 9.67. The second-order valence-electron chi connectivity index (χ2n) is 7.89. The molecule has 2 aliphatic carbocycles. The fraction of sp³-hybridized carbons (Fsp3) is 1.00. The van der Waals surface area contributed by atoms with Gasteiger partial charge in [-0.15, -0.1) is 0 Å². The summed E-state index contributed by atoms with van der Waals surface area (Å²) in [5.41, 5.74) is 0.423. The highest BCUT2D eigenvalue weighted by Gasteiger charge is 2.39. The van der Waals surface area contributed by atoms with Crippen molar-refractivity contribution in [2.24, 2.45) is 17.3 Å². The van der Waals surface area contributed by atoms with Gasteiger partial charge in [-0.2, -0.15) is 0 Å². The van der Waals surface area contributed by atoms with Gasteiger partial charge >= 0.3 is 0 Å². The van der Waals surface area contributed by atoms with E-state index in [2.05, 4.69) is 38.0 Å². The summed E-state index contributed by atoms with van der Waals surface area (Å²) in [6.07, 6.45) is 6.08. The molecule has 0 aromatic heterocycles. The molecule has 2 atom stereocenters. The van der Waals surface area contributed by atoms with Crippen LogP contribution in [0.3, 0.4) is 0 Å². The summed E-state index contributed by atoms with van der Waals surface area (Å²) in [5, 5.41) is 13.2. The van der Waals surface area contributed by atoms with E-state index in [4.69, 9.17) is 0 Å². The van der Waals surface area contributed by atoms with Crippen LogP contribution in [-0.4, -0.2) is 48.8 Å². The van der Waals surface area contributed by atoms with E-state index in [1.807, 2.05) is 0 Å². The third kappa shape index (κ3) is 3.96. The summed E-state index contributed by atoms with van der Waals surface area (Å²) in [5.74, 6) is 1.50. The second-order valence-corrected chi connectivity index (χ2v) is 7.89. The predicted octanol–water partition coefficient (Wildman–Crippen LogP) is 2.49. The van der Waals surface area contributed by atoms with Crippen LogP contribution in [0.4, 0.5) is 0 Å². The maximum atomic E-state index is 9.40. The van der Waals surface area contributed by atoms with Gasteiger partial charge < -0.3 is 15.3 Å². The number of nitrogens with zero attached hydrogens (tertiary/aromatic N) is 1. The number of rotatable bonds is 6. The number of aliphatic hydroxyl groups excluding tert-OH is 1. The number of nitrogens with one attached hydrogen (secondary N) is 1. The maximum Gasteiger partial charge on any atom is 0.0546 e. The summed E-state index contributed by atoms with van der Waals surface area (Å²) in [7, 11) is 2.26. The normalized spacial score (nSPS) is 36.9. The molecule has 0 spiro atoms. The molecule has 0 radical (unpaired) electrons. The Hall–Kier alpha value is -0.120. The minimum absolute atomic E-state index is 0.0171. The molecule has 2 unspecified atom stereocenters. The van der Waals surface area contributed by atoms with Crippen LogP contribution in [0.5, 0.6) is 0 Å². The maximum absolute atomic E-state index is 9.40. The van der Waals surface area contributed by atoms with Crippen molar-refractivity contribution in [2.45, 2.75) is 65.0 Å². The Morgan fingerprint density at radius 1 is 1.25 bits per heavy atom. The summed E-state index contributed by atoms with van der Waals surface area (Å²) in [6.45, 7) is 10.5. The number of aliphatic hydroxyl groups is 1. The lowest BCUT2D eigenvalue weighted by Crippen LogP contribution is -2.53. The molecule has 0 heterocycles. The molecule has 0 bridgehead atoms. The van der Waals surface area contributed by atoms with Crippen molar-refractivity contribution >= 4 is 0 Å². The molecular formula is C17H34N2O. The number of hydrogen-bond acceptors (Lipinski definition) is 3. The smallest absolute Gasteiger partial charge is 0.0546 e. The first-order valence-corrected chi connectivity index (χ1v) is 8.52. The summed E-state index contributed by atoms with van der Waals surface area (Å²) >= 11 is 0. The van der Waals surface area contributed by atoms with Crippen LogP contribution in [0, 0.1) is 17.3 Å². The van der Waals surface area contributed by atoms with E-state index in [1.165, 1.54) is 25.8 Å². The second kappa shape index (κ2) is 6.76. The Kier molecular flexibility index (Phi) is 5.49. The van der Waals surface area contributed by atoms with Gasteiger partial charge in [0.1, 0.15) is 0 Å². The van der Waals surface area contributed by atoms with Crippen molar-refractivity contribution in [1.29, 1.82) is 0 Å². The molecule has 0 amide bonds. The molecule has 118 valence electrons. The van der Waals surface area contributed by atoms with E-state index in [1.54, 1.807) is 0 Å². The molecule has 3 nitrogen and oxygen atoms in total. The van der Waals surface area contributed by atoms with E-state index >= 15 is 0 Å². The van der Waals surface area contributed by atoms with Gasteiger partial charge in [0.2, 0.25) is 0 Å². The first kappa shape index (κ1) is 16.3. The average Bonchev–Trinajstić information content (AvgIpc) is 2.31. The molecule has 2 N–H and O–H groups in total. The molecule has 3 heteroatoms. The van der Waals surface area contributed by atoms with E-state index in [0.717, 1.165) is 37.8 Å². The monoisotopic (exact) mass is 282 g/mol. The van der Waals surface area contributed by atoms with Crippen LogP contribution in [-0.2, 0) is 0 Å². The minimum atomic E-state index is -0.0171. The third-order valence-corrected chi connectivity index (χ3v) is 5.46. The van der Waals surface area contributed by atoms with E-state index in [-0.39, 0.29) is 6.10 Å². The third-order valence-electron chi connectivity index (χ3n) is 5.46. The highest BCUT2D eigenvalue weighted by atomic mass is 16.3. The van der Waals surface area contributed by atoms with Crippen molar-refractivity contribution in [3.05, 3.63) is 0 Å². The van der Waals surface area contributed by atoms with Crippen LogP contribution in [0.25, 0.3) is 0 Å². The largest absolute Gasteiger partial charge is 0.393 e. The number of hydrogen-bond donors (Lipinski definition) is 2. The first-order valence-electron chi connectivity index (χ1n) is 8.52.